The molecule has 0 N–H and O–H groups in total. The van der Waals surface area contributed by atoms with Gasteiger partial charge in [0.15, 0.2) is 0 Å². The molecule has 0 unspecified atom stereocenters. The molecule has 4 aromatic rings. The molecule has 32 heavy (non-hydrogen) atoms. The Bertz CT molecular complexity index is 1210. The van der Waals surface area contributed by atoms with Gasteiger partial charge in [0.2, 0.25) is 11.1 Å². The summed E-state index contributed by atoms with van der Waals surface area (Å²) >= 11 is 3.07. The van der Waals surface area contributed by atoms with E-state index in [9.17, 15) is 4.79 Å². The number of para-hydroxylation sites is 3. The molecule has 0 radical (unpaired) electrons. The van der Waals surface area contributed by atoms with Crippen LogP contribution in [0.3, 0.4) is 0 Å². The maximum Gasteiger partial charge on any atom is 0.233 e. The van der Waals surface area contributed by atoms with Gasteiger partial charge in [-0.15, -0.1) is 16.4 Å². The van der Waals surface area contributed by atoms with Crippen LogP contribution in [0.5, 0.6) is 5.75 Å². The van der Waals surface area contributed by atoms with E-state index in [0.717, 1.165) is 35.6 Å². The smallest absolute Gasteiger partial charge is 0.233 e. The second kappa shape index (κ2) is 9.25. The average Bonchev–Trinajstić information content (AvgIpc) is 3.49. The van der Waals surface area contributed by atoms with Gasteiger partial charge in [-0.1, -0.05) is 36.0 Å². The van der Waals surface area contributed by atoms with Crippen LogP contribution < -0.4 is 4.74 Å². The number of methoxy groups -OCH3 is 1. The van der Waals surface area contributed by atoms with Gasteiger partial charge in [0, 0.05) is 19.0 Å². The van der Waals surface area contributed by atoms with Gasteiger partial charge in [-0.25, -0.2) is 4.98 Å². The van der Waals surface area contributed by atoms with E-state index in [0.29, 0.717) is 17.5 Å². The first-order valence-corrected chi connectivity index (χ1v) is 12.2. The molecule has 5 rings (SSSR count). The first kappa shape index (κ1) is 20.9. The Kier molecular flexibility index (Phi) is 6.04. The number of tetrazole rings is 1. The van der Waals surface area contributed by atoms with Crippen molar-refractivity contribution >= 4 is 39.2 Å². The van der Waals surface area contributed by atoms with Crippen LogP contribution in [-0.2, 0) is 4.79 Å². The van der Waals surface area contributed by atoms with E-state index in [1.54, 1.807) is 23.1 Å². The van der Waals surface area contributed by atoms with Crippen molar-refractivity contribution in [2.45, 2.75) is 23.9 Å². The fourth-order valence-corrected chi connectivity index (χ4v) is 5.79. The zero-order valence-electron chi connectivity index (χ0n) is 17.5. The van der Waals surface area contributed by atoms with Crippen molar-refractivity contribution in [1.29, 1.82) is 0 Å². The number of thioether (sulfide) groups is 1. The van der Waals surface area contributed by atoms with Crippen LogP contribution >= 0.6 is 23.1 Å². The van der Waals surface area contributed by atoms with E-state index in [-0.39, 0.29) is 17.6 Å². The lowest BCUT2D eigenvalue weighted by Crippen LogP contribution is -2.40. The van der Waals surface area contributed by atoms with Gasteiger partial charge in [-0.2, -0.15) is 4.68 Å². The first-order chi connectivity index (χ1) is 15.7. The van der Waals surface area contributed by atoms with Gasteiger partial charge in [0.1, 0.15) is 11.4 Å². The van der Waals surface area contributed by atoms with E-state index in [4.69, 9.17) is 9.72 Å². The largest absolute Gasteiger partial charge is 0.494 e. The Morgan fingerprint density at radius 3 is 2.94 bits per heavy atom. The molecular formula is C22H22N6O2S2. The standard InChI is InChI=1S/C22H22N6O2S2/c1-30-18-10-4-3-9-17(18)28-22(24-25-26-28)31-14-20(29)27-12-6-7-15(13-27)21-23-16-8-2-5-11-19(16)32-21/h2-5,8-11,15H,6-7,12-14H2,1H3/t15-/m0/s1. The van der Waals surface area contributed by atoms with Crippen molar-refractivity contribution in [3.05, 3.63) is 53.5 Å². The van der Waals surface area contributed by atoms with Crippen molar-refractivity contribution in [2.75, 3.05) is 26.0 Å². The zero-order valence-corrected chi connectivity index (χ0v) is 19.2. The number of carbonyl (C=O) groups is 1. The van der Waals surface area contributed by atoms with Gasteiger partial charge in [0.25, 0.3) is 0 Å². The summed E-state index contributed by atoms with van der Waals surface area (Å²) in [6, 6.07) is 15.7. The number of piperidine rings is 1. The summed E-state index contributed by atoms with van der Waals surface area (Å²) in [7, 11) is 1.61. The van der Waals surface area contributed by atoms with E-state index in [1.165, 1.54) is 16.5 Å². The fourth-order valence-electron chi connectivity index (χ4n) is 3.91. The molecular weight excluding hydrogens is 444 g/mol. The predicted octanol–water partition coefficient (Wildman–Crippen LogP) is 3.78. The lowest BCUT2D eigenvalue weighted by molar-refractivity contribution is -0.129. The van der Waals surface area contributed by atoms with E-state index >= 15 is 0 Å². The minimum absolute atomic E-state index is 0.0930. The Labute approximate surface area is 193 Å². The van der Waals surface area contributed by atoms with Crippen molar-refractivity contribution < 1.29 is 9.53 Å². The molecule has 0 bridgehead atoms. The molecule has 10 heteroatoms. The fraction of sp³-hybridized carbons (Fsp3) is 0.318. The van der Waals surface area contributed by atoms with Gasteiger partial charge < -0.3 is 9.64 Å². The number of amides is 1. The summed E-state index contributed by atoms with van der Waals surface area (Å²) in [5.41, 5.74) is 1.78. The topological polar surface area (TPSA) is 86.0 Å². The summed E-state index contributed by atoms with van der Waals surface area (Å²) in [4.78, 5) is 19.8. The van der Waals surface area contributed by atoms with Crippen LogP contribution in [-0.4, -0.2) is 62.0 Å². The minimum atomic E-state index is 0.0930. The van der Waals surface area contributed by atoms with E-state index < -0.39 is 0 Å². The summed E-state index contributed by atoms with van der Waals surface area (Å²) < 4.78 is 8.22. The average molecular weight is 467 g/mol. The van der Waals surface area contributed by atoms with Gasteiger partial charge in [-0.3, -0.25) is 4.79 Å². The Hall–Kier alpha value is -2.98. The van der Waals surface area contributed by atoms with Crippen molar-refractivity contribution in [3.8, 4) is 11.4 Å². The molecule has 3 heterocycles. The molecule has 1 amide bonds. The molecule has 0 saturated carbocycles. The van der Waals surface area contributed by atoms with Gasteiger partial charge in [0.05, 0.1) is 28.1 Å². The molecule has 2 aromatic heterocycles. The number of ether oxygens (including phenoxy) is 1. The third-order valence-electron chi connectivity index (χ3n) is 5.51. The predicted molar refractivity (Wildman–Crippen MR) is 125 cm³/mol. The lowest BCUT2D eigenvalue weighted by atomic mass is 9.99. The summed E-state index contributed by atoms with van der Waals surface area (Å²) in [6.45, 7) is 1.48. The molecule has 2 aromatic carbocycles. The zero-order chi connectivity index (χ0) is 21.9. The minimum Gasteiger partial charge on any atom is -0.494 e. The molecule has 1 atom stereocenters. The molecule has 1 aliphatic rings. The highest BCUT2D eigenvalue weighted by Crippen LogP contribution is 2.33. The number of rotatable bonds is 6. The van der Waals surface area contributed by atoms with Crippen LogP contribution in [0.15, 0.2) is 53.7 Å². The van der Waals surface area contributed by atoms with E-state index in [2.05, 4.69) is 21.6 Å². The van der Waals surface area contributed by atoms with Crippen molar-refractivity contribution in [3.63, 3.8) is 0 Å². The number of hydrogen-bond acceptors (Lipinski definition) is 8. The maximum atomic E-state index is 13.0. The summed E-state index contributed by atoms with van der Waals surface area (Å²) in [5, 5.41) is 13.7. The quantitative estimate of drug-likeness (QED) is 0.400. The number of nitrogens with zero attached hydrogens (tertiary/aromatic N) is 6. The Balaban J connectivity index is 1.25. The number of aromatic nitrogens is 5. The number of benzene rings is 2. The summed E-state index contributed by atoms with van der Waals surface area (Å²) in [6.07, 6.45) is 2.04. The summed E-state index contributed by atoms with van der Waals surface area (Å²) in [5.74, 6) is 1.33. The van der Waals surface area contributed by atoms with Gasteiger partial charge in [-0.05, 0) is 47.5 Å². The second-order valence-corrected chi connectivity index (χ2v) is 9.54. The van der Waals surface area contributed by atoms with Crippen LogP contribution in [0, 0.1) is 0 Å². The molecule has 164 valence electrons. The molecule has 0 aliphatic carbocycles. The number of likely N-dealkylation sites (tertiary alicyclic amines) is 1. The molecule has 8 nitrogen and oxygen atoms in total. The number of fused-ring (bicyclic) bond motifs is 1. The third kappa shape index (κ3) is 4.20. The van der Waals surface area contributed by atoms with E-state index in [1.807, 2.05) is 47.4 Å². The monoisotopic (exact) mass is 466 g/mol. The lowest BCUT2D eigenvalue weighted by Gasteiger charge is -2.31. The molecule has 1 aliphatic heterocycles. The number of thiazole rings is 1. The first-order valence-electron chi connectivity index (χ1n) is 10.4. The maximum absolute atomic E-state index is 13.0. The van der Waals surface area contributed by atoms with Gasteiger partial charge >= 0.3 is 0 Å². The van der Waals surface area contributed by atoms with Crippen LogP contribution in [0.4, 0.5) is 0 Å². The normalized spacial score (nSPS) is 16.4. The highest BCUT2D eigenvalue weighted by atomic mass is 32.2. The molecule has 1 saturated heterocycles. The number of carbonyl (C=O) groups excluding carboxylic acids is 1. The van der Waals surface area contributed by atoms with Crippen LogP contribution in [0.25, 0.3) is 15.9 Å². The SMILES string of the molecule is COc1ccccc1-n1nnnc1SCC(=O)N1CCC[C@H](c2nc3ccccc3s2)C1. The number of hydrogen-bond donors (Lipinski definition) is 0. The van der Waals surface area contributed by atoms with Crippen LogP contribution in [0.1, 0.15) is 23.8 Å². The highest BCUT2D eigenvalue weighted by molar-refractivity contribution is 7.99. The third-order valence-corrected chi connectivity index (χ3v) is 7.62. The van der Waals surface area contributed by atoms with Crippen LogP contribution in [0.2, 0.25) is 0 Å². The Morgan fingerprint density at radius 1 is 1.22 bits per heavy atom. The molecule has 0 spiro atoms. The molecule has 1 fully saturated rings. The van der Waals surface area contributed by atoms with Crippen molar-refractivity contribution in [2.24, 2.45) is 0 Å². The van der Waals surface area contributed by atoms with Crippen molar-refractivity contribution in [1.82, 2.24) is 30.1 Å². The highest BCUT2D eigenvalue weighted by Gasteiger charge is 2.27. The second-order valence-electron chi connectivity index (χ2n) is 7.53. The Morgan fingerprint density at radius 2 is 2.06 bits per heavy atom.